The molecule has 13 heteroatoms. The largest absolute Gasteiger partial charge is 0.433 e. The lowest BCUT2D eigenvalue weighted by Crippen LogP contribution is -2.65. The zero-order chi connectivity index (χ0) is 25.2. The smallest absolute Gasteiger partial charge is 0.383 e. The van der Waals surface area contributed by atoms with Gasteiger partial charge >= 0.3 is 6.18 Å². The van der Waals surface area contributed by atoms with Crippen LogP contribution in [0.2, 0.25) is 5.02 Å². The molecule has 1 aliphatic rings. The first-order chi connectivity index (χ1) is 16.4. The van der Waals surface area contributed by atoms with Gasteiger partial charge in [-0.05, 0) is 42.0 Å². The van der Waals surface area contributed by atoms with Crippen molar-refractivity contribution >= 4 is 49.3 Å². The van der Waals surface area contributed by atoms with E-state index in [0.717, 1.165) is 26.8 Å². The van der Waals surface area contributed by atoms with Crippen LogP contribution in [0.5, 0.6) is 0 Å². The second kappa shape index (κ2) is 8.05. The van der Waals surface area contributed by atoms with Gasteiger partial charge in [0.25, 0.3) is 10.2 Å². The van der Waals surface area contributed by atoms with Crippen molar-refractivity contribution < 1.29 is 21.6 Å². The van der Waals surface area contributed by atoms with Crippen LogP contribution in [-0.4, -0.2) is 47.1 Å². The van der Waals surface area contributed by atoms with E-state index < -0.39 is 27.5 Å². The average molecular weight is 525 g/mol. The molecular formula is C22H20ClF3N6O2S. The molecule has 1 aliphatic heterocycles. The van der Waals surface area contributed by atoms with Crippen molar-refractivity contribution in [2.75, 3.05) is 25.0 Å². The fourth-order valence-electron chi connectivity index (χ4n) is 4.45. The van der Waals surface area contributed by atoms with Crippen molar-refractivity contribution in [3.05, 3.63) is 64.9 Å². The molecule has 1 saturated heterocycles. The maximum Gasteiger partial charge on any atom is 0.433 e. The Kier molecular flexibility index (Phi) is 5.47. The summed E-state index contributed by atoms with van der Waals surface area (Å²) >= 11 is 6.10. The van der Waals surface area contributed by atoms with Gasteiger partial charge in [0, 0.05) is 53.6 Å². The molecule has 0 amide bonds. The van der Waals surface area contributed by atoms with Crippen molar-refractivity contribution in [3.63, 3.8) is 0 Å². The molecule has 1 fully saturated rings. The van der Waals surface area contributed by atoms with Gasteiger partial charge in [-0.3, -0.25) is 4.68 Å². The summed E-state index contributed by atoms with van der Waals surface area (Å²) in [5.41, 5.74) is 0.267. The lowest BCUT2D eigenvalue weighted by Gasteiger charge is -2.49. The van der Waals surface area contributed by atoms with E-state index in [4.69, 9.17) is 16.7 Å². The zero-order valence-electron chi connectivity index (χ0n) is 18.3. The minimum Gasteiger partial charge on any atom is -0.383 e. The number of rotatable bonds is 5. The van der Waals surface area contributed by atoms with Crippen LogP contribution in [0, 0.1) is 0 Å². The predicted molar refractivity (Wildman–Crippen MR) is 127 cm³/mol. The minimum atomic E-state index is -4.64. The van der Waals surface area contributed by atoms with E-state index in [0.29, 0.717) is 10.4 Å². The summed E-state index contributed by atoms with van der Waals surface area (Å²) in [6.07, 6.45) is -2.95. The third kappa shape index (κ3) is 4.31. The van der Waals surface area contributed by atoms with Gasteiger partial charge in [-0.2, -0.15) is 31.0 Å². The highest BCUT2D eigenvalue weighted by molar-refractivity contribution is 7.86. The number of benzene rings is 2. The Labute approximate surface area is 203 Å². The van der Waals surface area contributed by atoms with E-state index in [2.05, 4.69) is 15.4 Å². The molecule has 0 saturated carbocycles. The molecule has 0 unspecified atom stereocenters. The molecule has 4 aromatic rings. The summed E-state index contributed by atoms with van der Waals surface area (Å²) in [6, 6.07) is 11.0. The van der Waals surface area contributed by atoms with Crippen LogP contribution < -0.4 is 10.5 Å². The number of anilines is 1. The van der Waals surface area contributed by atoms with E-state index in [1.807, 2.05) is 25.2 Å². The number of nitrogens with one attached hydrogen (secondary N) is 1. The first-order valence-electron chi connectivity index (χ1n) is 10.5. The summed E-state index contributed by atoms with van der Waals surface area (Å²) in [4.78, 5) is 3.73. The average Bonchev–Trinajstić information content (AvgIpc) is 3.11. The third-order valence-electron chi connectivity index (χ3n) is 6.35. The Bertz CT molecular complexity index is 1570. The number of hydrogen-bond acceptors (Lipinski definition) is 5. The zero-order valence-corrected chi connectivity index (χ0v) is 19.9. The van der Waals surface area contributed by atoms with Crippen molar-refractivity contribution in [1.82, 2.24) is 19.1 Å². The highest BCUT2D eigenvalue weighted by atomic mass is 35.5. The number of alkyl halides is 3. The molecule has 0 atom stereocenters. The number of pyridine rings is 1. The standard InChI is InChI=1S/C22H20ClF3N6O2S/c1-31-19-5-2-14(6-13(19)9-29-31)21(11-32(12-21)35(27,33)34)10-28-18-8-20(22(24,25)26)30-17-4-3-15(23)7-16(17)18/h2-9H,10-12H2,1H3,(H,28,30)(H2,27,33,34). The molecule has 0 spiro atoms. The number of nitrogens with zero attached hydrogens (tertiary/aromatic N) is 4. The monoisotopic (exact) mass is 524 g/mol. The fourth-order valence-corrected chi connectivity index (χ4v) is 5.48. The maximum atomic E-state index is 13.5. The molecule has 8 nitrogen and oxygen atoms in total. The van der Waals surface area contributed by atoms with Gasteiger partial charge in [-0.15, -0.1) is 0 Å². The SMILES string of the molecule is Cn1ncc2cc(C3(CNc4cc(C(F)(F)F)nc5ccc(Cl)cc45)CN(S(N)(=O)=O)C3)ccc21. The van der Waals surface area contributed by atoms with Gasteiger partial charge in [-0.25, -0.2) is 10.1 Å². The van der Waals surface area contributed by atoms with E-state index in [1.165, 1.54) is 18.2 Å². The second-order valence-electron chi connectivity index (χ2n) is 8.70. The number of fused-ring (bicyclic) bond motifs is 2. The molecule has 35 heavy (non-hydrogen) atoms. The molecule has 3 heterocycles. The second-order valence-corrected chi connectivity index (χ2v) is 10.7. The van der Waals surface area contributed by atoms with Crippen LogP contribution in [0.25, 0.3) is 21.8 Å². The van der Waals surface area contributed by atoms with Gasteiger partial charge in [0.15, 0.2) is 0 Å². The summed E-state index contributed by atoms with van der Waals surface area (Å²) in [6.45, 7) is 0.286. The number of hydrogen-bond donors (Lipinski definition) is 2. The van der Waals surface area contributed by atoms with E-state index in [9.17, 15) is 21.6 Å². The molecule has 3 N–H and O–H groups in total. The Balaban J connectivity index is 1.55. The highest BCUT2D eigenvalue weighted by Crippen LogP contribution is 2.39. The Hall–Kier alpha value is -2.93. The molecule has 2 aromatic heterocycles. The molecule has 5 rings (SSSR count). The van der Waals surface area contributed by atoms with Crippen LogP contribution in [0.4, 0.5) is 18.9 Å². The quantitative estimate of drug-likeness (QED) is 0.414. The van der Waals surface area contributed by atoms with Crippen molar-refractivity contribution in [2.24, 2.45) is 12.2 Å². The Morgan fingerprint density at radius 1 is 1.17 bits per heavy atom. The van der Waals surface area contributed by atoms with Gasteiger partial charge in [0.05, 0.1) is 17.2 Å². The molecule has 0 aliphatic carbocycles. The highest BCUT2D eigenvalue weighted by Gasteiger charge is 2.48. The minimum absolute atomic E-state index is 0.0699. The first kappa shape index (κ1) is 23.8. The molecule has 184 valence electrons. The van der Waals surface area contributed by atoms with Crippen LogP contribution in [0.1, 0.15) is 11.3 Å². The third-order valence-corrected chi connectivity index (χ3v) is 7.57. The number of nitrogens with two attached hydrogens (primary N) is 1. The van der Waals surface area contributed by atoms with Crippen LogP contribution in [-0.2, 0) is 28.8 Å². The van der Waals surface area contributed by atoms with Crippen LogP contribution >= 0.6 is 11.6 Å². The van der Waals surface area contributed by atoms with Crippen molar-refractivity contribution in [2.45, 2.75) is 11.6 Å². The molecule has 2 aromatic carbocycles. The summed E-state index contributed by atoms with van der Waals surface area (Å²) in [5.74, 6) is 0. The van der Waals surface area contributed by atoms with Gasteiger partial charge < -0.3 is 5.32 Å². The molecule has 0 radical (unpaired) electrons. The maximum absolute atomic E-state index is 13.5. The topological polar surface area (TPSA) is 106 Å². The predicted octanol–water partition coefficient (Wildman–Crippen LogP) is 3.66. The van der Waals surface area contributed by atoms with E-state index in [1.54, 1.807) is 10.9 Å². The fraction of sp³-hybridized carbons (Fsp3) is 0.273. The van der Waals surface area contributed by atoms with Crippen molar-refractivity contribution in [1.29, 1.82) is 0 Å². The Morgan fingerprint density at radius 3 is 2.60 bits per heavy atom. The summed E-state index contributed by atoms with van der Waals surface area (Å²) in [5, 5.41) is 14.3. The number of halogens is 4. The van der Waals surface area contributed by atoms with Gasteiger partial charge in [0.2, 0.25) is 0 Å². The normalized spacial score (nSPS) is 16.5. The lowest BCUT2D eigenvalue weighted by atomic mass is 9.74. The number of aryl methyl sites for hydroxylation is 1. The van der Waals surface area contributed by atoms with Crippen LogP contribution in [0.15, 0.2) is 48.7 Å². The number of aromatic nitrogens is 3. The first-order valence-corrected chi connectivity index (χ1v) is 12.4. The molecule has 0 bridgehead atoms. The van der Waals surface area contributed by atoms with Crippen LogP contribution in [0.3, 0.4) is 0 Å². The summed E-state index contributed by atoms with van der Waals surface area (Å²) < 4.78 is 67.2. The molecular weight excluding hydrogens is 505 g/mol. The van der Waals surface area contributed by atoms with E-state index in [-0.39, 0.29) is 30.8 Å². The Morgan fingerprint density at radius 2 is 1.91 bits per heavy atom. The van der Waals surface area contributed by atoms with Gasteiger partial charge in [0.1, 0.15) is 5.69 Å². The van der Waals surface area contributed by atoms with E-state index >= 15 is 0 Å². The van der Waals surface area contributed by atoms with Crippen molar-refractivity contribution in [3.8, 4) is 0 Å². The summed E-state index contributed by atoms with van der Waals surface area (Å²) in [7, 11) is -2.11. The lowest BCUT2D eigenvalue weighted by molar-refractivity contribution is -0.140. The van der Waals surface area contributed by atoms with Gasteiger partial charge in [-0.1, -0.05) is 17.7 Å².